The van der Waals surface area contributed by atoms with Gasteiger partial charge in [-0.1, -0.05) is 36.4 Å². The summed E-state index contributed by atoms with van der Waals surface area (Å²) in [7, 11) is 0. The molecule has 3 aromatic carbocycles. The molecule has 0 aliphatic carbocycles. The van der Waals surface area contributed by atoms with E-state index in [-0.39, 0.29) is 23.4 Å². The summed E-state index contributed by atoms with van der Waals surface area (Å²) in [4.78, 5) is 36.7. The predicted octanol–water partition coefficient (Wildman–Crippen LogP) is 4.26. The lowest BCUT2D eigenvalue weighted by molar-refractivity contribution is -0.121. The van der Waals surface area contributed by atoms with Gasteiger partial charge in [-0.15, -0.1) is 0 Å². The number of aromatic nitrogens is 1. The van der Waals surface area contributed by atoms with Crippen molar-refractivity contribution < 1.29 is 19.1 Å². The minimum absolute atomic E-state index is 0.0377. The zero-order chi connectivity index (χ0) is 24.4. The number of carbonyl (C=O) groups is 2. The van der Waals surface area contributed by atoms with Crippen LogP contribution in [0.5, 0.6) is 0 Å². The number of fused-ring (bicyclic) bond motifs is 2. The maximum absolute atomic E-state index is 12.8. The van der Waals surface area contributed by atoms with Crippen LogP contribution in [0, 0.1) is 0 Å². The molecule has 2 heterocycles. The highest BCUT2D eigenvalue weighted by atomic mass is 16.4. The van der Waals surface area contributed by atoms with E-state index in [9.17, 15) is 14.4 Å². The van der Waals surface area contributed by atoms with Crippen LogP contribution in [0.4, 0.5) is 0 Å². The molecule has 0 saturated carbocycles. The van der Waals surface area contributed by atoms with Gasteiger partial charge in [-0.25, -0.2) is 10.2 Å². The number of nitrogens with zero attached hydrogens (tertiary/aromatic N) is 2. The number of aromatic carboxylic acids is 1. The van der Waals surface area contributed by atoms with E-state index in [1.54, 1.807) is 53.1 Å². The molecule has 0 aliphatic heterocycles. The molecule has 172 valence electrons. The molecule has 2 aromatic heterocycles. The third-order valence-electron chi connectivity index (χ3n) is 5.58. The normalized spacial score (nSPS) is 11.3. The minimum atomic E-state index is -1.02. The Morgan fingerprint density at radius 3 is 2.29 bits per heavy atom. The zero-order valence-corrected chi connectivity index (χ0v) is 18.3. The molecular weight excluding hydrogens is 446 g/mol. The van der Waals surface area contributed by atoms with Crippen molar-refractivity contribution in [1.29, 1.82) is 0 Å². The Morgan fingerprint density at radius 2 is 1.60 bits per heavy atom. The number of amides is 1. The third-order valence-corrected chi connectivity index (χ3v) is 5.58. The van der Waals surface area contributed by atoms with Crippen LogP contribution >= 0.6 is 0 Å². The fraction of sp³-hybridized carbons (Fsp3) is 0.0370. The van der Waals surface area contributed by atoms with Gasteiger partial charge in [0.05, 0.1) is 22.8 Å². The Hall–Kier alpha value is -4.98. The maximum atomic E-state index is 12.8. The second-order valence-electron chi connectivity index (χ2n) is 7.83. The third kappa shape index (κ3) is 4.32. The number of benzene rings is 3. The molecule has 0 radical (unpaired) electrons. The number of hydrogen-bond donors (Lipinski definition) is 2. The molecule has 1 amide bonds. The van der Waals surface area contributed by atoms with Gasteiger partial charge in [-0.05, 0) is 48.5 Å². The Bertz CT molecular complexity index is 1620. The standard InChI is InChI=1S/C27H19N3O5/c31-25(16-30-22-10-3-1-8-20(22)26(32)21-9-2-4-11-23(21)30)29-28-15-19-12-13-24(35-19)17-6-5-7-18(14-17)27(33)34/h1-15H,16H2,(H,29,31)(H,33,34)/b28-15+. The molecule has 0 fully saturated rings. The summed E-state index contributed by atoms with van der Waals surface area (Å²) in [5, 5.41) is 14.2. The van der Waals surface area contributed by atoms with Crippen LogP contribution < -0.4 is 10.9 Å². The largest absolute Gasteiger partial charge is 0.478 e. The topological polar surface area (TPSA) is 114 Å². The van der Waals surface area contributed by atoms with Gasteiger partial charge in [0.1, 0.15) is 18.1 Å². The second kappa shape index (κ2) is 9.11. The lowest BCUT2D eigenvalue weighted by atomic mass is 10.1. The average molecular weight is 465 g/mol. The first-order valence-corrected chi connectivity index (χ1v) is 10.8. The lowest BCUT2D eigenvalue weighted by Crippen LogP contribution is -2.25. The van der Waals surface area contributed by atoms with Gasteiger partial charge in [0.25, 0.3) is 5.91 Å². The maximum Gasteiger partial charge on any atom is 0.335 e. The highest BCUT2D eigenvalue weighted by Crippen LogP contribution is 2.23. The minimum Gasteiger partial charge on any atom is -0.478 e. The first kappa shape index (κ1) is 21.8. The molecule has 5 rings (SSSR count). The summed E-state index contributed by atoms with van der Waals surface area (Å²) < 4.78 is 7.49. The molecule has 0 atom stereocenters. The fourth-order valence-corrected chi connectivity index (χ4v) is 3.98. The summed E-state index contributed by atoms with van der Waals surface area (Å²) in [6.45, 7) is -0.0377. The molecular formula is C27H19N3O5. The van der Waals surface area contributed by atoms with Crippen molar-refractivity contribution in [3.63, 3.8) is 0 Å². The number of para-hydroxylation sites is 2. The van der Waals surface area contributed by atoms with Crippen LogP contribution in [0.25, 0.3) is 33.1 Å². The number of hydrogen-bond acceptors (Lipinski definition) is 5. The predicted molar refractivity (Wildman–Crippen MR) is 133 cm³/mol. The smallest absolute Gasteiger partial charge is 0.335 e. The molecule has 2 N–H and O–H groups in total. The number of pyridine rings is 1. The van der Waals surface area contributed by atoms with E-state index in [0.717, 1.165) is 0 Å². The van der Waals surface area contributed by atoms with Gasteiger partial charge in [-0.2, -0.15) is 5.10 Å². The SMILES string of the molecule is O=C(Cn1c2ccccc2c(=O)c2ccccc21)N/N=C/c1ccc(-c2cccc(C(=O)O)c2)o1. The van der Waals surface area contributed by atoms with Crippen molar-refractivity contribution >= 4 is 39.9 Å². The fourth-order valence-electron chi connectivity index (χ4n) is 3.98. The van der Waals surface area contributed by atoms with E-state index in [4.69, 9.17) is 9.52 Å². The Kier molecular flexibility index (Phi) is 5.68. The number of carboxylic acid groups (broad SMARTS) is 1. The second-order valence-corrected chi connectivity index (χ2v) is 7.83. The summed E-state index contributed by atoms with van der Waals surface area (Å²) in [5.41, 5.74) is 4.51. The monoisotopic (exact) mass is 465 g/mol. The molecule has 0 saturated heterocycles. The molecule has 0 aliphatic rings. The van der Waals surface area contributed by atoms with Crippen molar-refractivity contribution in [1.82, 2.24) is 9.99 Å². The first-order chi connectivity index (χ1) is 17.0. The average Bonchev–Trinajstić information content (AvgIpc) is 3.35. The van der Waals surface area contributed by atoms with Crippen molar-refractivity contribution in [2.45, 2.75) is 6.54 Å². The van der Waals surface area contributed by atoms with Gasteiger partial charge in [0.2, 0.25) is 0 Å². The van der Waals surface area contributed by atoms with E-state index in [0.29, 0.717) is 38.9 Å². The molecule has 0 unspecified atom stereocenters. The number of hydrazone groups is 1. The van der Waals surface area contributed by atoms with Crippen molar-refractivity contribution in [3.8, 4) is 11.3 Å². The van der Waals surface area contributed by atoms with Gasteiger partial charge in [0.15, 0.2) is 5.43 Å². The number of carboxylic acids is 1. The van der Waals surface area contributed by atoms with Gasteiger partial charge in [-0.3, -0.25) is 9.59 Å². The van der Waals surface area contributed by atoms with Crippen molar-refractivity contribution in [2.24, 2.45) is 5.10 Å². The number of rotatable bonds is 6. The summed E-state index contributed by atoms with van der Waals surface area (Å²) >= 11 is 0. The Morgan fingerprint density at radius 1 is 0.914 bits per heavy atom. The highest BCUT2D eigenvalue weighted by Gasteiger charge is 2.13. The zero-order valence-electron chi connectivity index (χ0n) is 18.3. The number of nitrogens with one attached hydrogen (secondary N) is 1. The van der Waals surface area contributed by atoms with Crippen molar-refractivity contribution in [2.75, 3.05) is 0 Å². The Balaban J connectivity index is 1.35. The van der Waals surface area contributed by atoms with Gasteiger partial charge in [0, 0.05) is 16.3 Å². The summed E-state index contributed by atoms with van der Waals surface area (Å²) in [6.07, 6.45) is 1.37. The van der Waals surface area contributed by atoms with Crippen LogP contribution in [-0.2, 0) is 11.3 Å². The van der Waals surface area contributed by atoms with Crippen LogP contribution in [-0.4, -0.2) is 27.8 Å². The molecule has 0 bridgehead atoms. The van der Waals surface area contributed by atoms with Crippen LogP contribution in [0.1, 0.15) is 16.1 Å². The van der Waals surface area contributed by atoms with Gasteiger partial charge < -0.3 is 14.1 Å². The Labute approximate surface area is 198 Å². The van der Waals surface area contributed by atoms with Crippen LogP contribution in [0.3, 0.4) is 0 Å². The summed E-state index contributed by atoms with van der Waals surface area (Å²) in [6, 6.07) is 24.1. The lowest BCUT2D eigenvalue weighted by Gasteiger charge is -2.14. The quantitative estimate of drug-likeness (QED) is 0.221. The van der Waals surface area contributed by atoms with E-state index < -0.39 is 5.97 Å². The van der Waals surface area contributed by atoms with Crippen molar-refractivity contribution in [3.05, 3.63) is 106 Å². The first-order valence-electron chi connectivity index (χ1n) is 10.8. The van der Waals surface area contributed by atoms with E-state index >= 15 is 0 Å². The molecule has 8 nitrogen and oxygen atoms in total. The van der Waals surface area contributed by atoms with Gasteiger partial charge >= 0.3 is 5.97 Å². The van der Waals surface area contributed by atoms with Crippen LogP contribution in [0.2, 0.25) is 0 Å². The van der Waals surface area contributed by atoms with E-state index in [1.807, 2.05) is 24.3 Å². The van der Waals surface area contributed by atoms with Crippen LogP contribution in [0.15, 0.2) is 99.2 Å². The van der Waals surface area contributed by atoms with E-state index in [2.05, 4.69) is 10.5 Å². The van der Waals surface area contributed by atoms with E-state index in [1.165, 1.54) is 18.3 Å². The molecule has 35 heavy (non-hydrogen) atoms. The molecule has 5 aromatic rings. The number of carbonyl (C=O) groups excluding carboxylic acids is 1. The highest BCUT2D eigenvalue weighted by molar-refractivity contribution is 5.95. The molecule has 0 spiro atoms. The molecule has 8 heteroatoms. The summed E-state index contributed by atoms with van der Waals surface area (Å²) in [5.74, 6) is -0.528. The number of furan rings is 1.